The molecule has 1 aromatic heterocycles. The number of piperidine rings is 1. The monoisotopic (exact) mass is 338 g/mol. The fourth-order valence-corrected chi connectivity index (χ4v) is 4.75. The normalized spacial score (nSPS) is 24.5. The largest absolute Gasteiger partial charge is 0.343 e. The molecule has 1 aromatic rings. The van der Waals surface area contributed by atoms with E-state index in [-0.39, 0.29) is 11.6 Å². The average molecular weight is 338 g/mol. The highest BCUT2D eigenvalue weighted by molar-refractivity contribution is 7.99. The van der Waals surface area contributed by atoms with Crippen LogP contribution in [0.25, 0.3) is 0 Å². The van der Waals surface area contributed by atoms with E-state index < -0.39 is 0 Å². The van der Waals surface area contributed by atoms with Gasteiger partial charge in [0.2, 0.25) is 5.91 Å². The Morgan fingerprint density at radius 1 is 1.30 bits per heavy atom. The van der Waals surface area contributed by atoms with Gasteiger partial charge in [-0.1, -0.05) is 37.9 Å². The number of hydrogen-bond acceptors (Lipinski definition) is 4. The van der Waals surface area contributed by atoms with Crippen LogP contribution in [-0.2, 0) is 11.3 Å². The zero-order valence-electron chi connectivity index (χ0n) is 13.8. The molecule has 2 aliphatic rings. The van der Waals surface area contributed by atoms with E-state index in [1.165, 1.54) is 37.4 Å². The van der Waals surface area contributed by atoms with Crippen molar-refractivity contribution < 1.29 is 4.79 Å². The number of nitrogens with one attached hydrogen (secondary N) is 1. The molecule has 0 aromatic carbocycles. The predicted octanol–water partition coefficient (Wildman–Crippen LogP) is 2.11. The number of fused-ring (bicyclic) bond motifs is 1. The number of carbonyl (C=O) groups is 1. The minimum absolute atomic E-state index is 0.178. The van der Waals surface area contributed by atoms with E-state index in [0.29, 0.717) is 23.4 Å². The molecule has 0 spiro atoms. The number of amides is 1. The molecule has 0 radical (unpaired) electrons. The molecule has 6 nitrogen and oxygen atoms in total. The first kappa shape index (κ1) is 16.6. The topological polar surface area (TPSA) is 71.0 Å². The quantitative estimate of drug-likeness (QED) is 0.835. The highest BCUT2D eigenvalue weighted by atomic mass is 32.2. The molecule has 1 saturated carbocycles. The second-order valence-corrected chi connectivity index (χ2v) is 7.63. The standard InChI is InChI=1S/C16H26N4O2S/c1-2-8-20-15(22)17-18-16(20)23-11-14(21)19-9-7-12-5-3-4-6-13(12)10-19/h12-13H,2-11H2,1H3,(H,17,22)/t12-,13+/m1/s1. The van der Waals surface area contributed by atoms with E-state index in [2.05, 4.69) is 10.2 Å². The number of thioether (sulfide) groups is 1. The third-order valence-electron chi connectivity index (χ3n) is 5.14. The first-order valence-electron chi connectivity index (χ1n) is 8.74. The smallest absolute Gasteiger partial charge is 0.342 e. The first-order valence-corrected chi connectivity index (χ1v) is 9.73. The van der Waals surface area contributed by atoms with E-state index in [1.54, 1.807) is 4.57 Å². The van der Waals surface area contributed by atoms with E-state index in [0.717, 1.165) is 31.8 Å². The molecule has 1 amide bonds. The molecule has 128 valence electrons. The molecule has 2 heterocycles. The summed E-state index contributed by atoms with van der Waals surface area (Å²) in [4.78, 5) is 26.2. The minimum atomic E-state index is -0.190. The molecule has 1 aliphatic carbocycles. The Morgan fingerprint density at radius 2 is 2.09 bits per heavy atom. The van der Waals surface area contributed by atoms with Crippen LogP contribution < -0.4 is 5.69 Å². The summed E-state index contributed by atoms with van der Waals surface area (Å²) < 4.78 is 1.62. The first-order chi connectivity index (χ1) is 11.2. The molecule has 0 unspecified atom stereocenters. The van der Waals surface area contributed by atoms with Crippen molar-refractivity contribution in [1.82, 2.24) is 19.7 Å². The molecular weight excluding hydrogens is 312 g/mol. The van der Waals surface area contributed by atoms with Gasteiger partial charge in [0.15, 0.2) is 5.16 Å². The predicted molar refractivity (Wildman–Crippen MR) is 90.5 cm³/mol. The Hall–Kier alpha value is -1.24. The number of hydrogen-bond donors (Lipinski definition) is 1. The summed E-state index contributed by atoms with van der Waals surface area (Å²) >= 11 is 1.37. The van der Waals surface area contributed by atoms with Gasteiger partial charge in [-0.15, -0.1) is 5.10 Å². The Labute approximate surface area is 141 Å². The lowest BCUT2D eigenvalue weighted by Crippen LogP contribution is -2.45. The summed E-state index contributed by atoms with van der Waals surface area (Å²) in [7, 11) is 0. The SMILES string of the molecule is CCCn1c(SCC(=O)N2CC[C@H]3CCCC[C@H]3C2)n[nH]c1=O. The van der Waals surface area contributed by atoms with Crippen LogP contribution in [0.3, 0.4) is 0 Å². The van der Waals surface area contributed by atoms with Gasteiger partial charge in [-0.3, -0.25) is 9.36 Å². The molecule has 1 N–H and O–H groups in total. The van der Waals surface area contributed by atoms with E-state index in [1.807, 2.05) is 11.8 Å². The van der Waals surface area contributed by atoms with Gasteiger partial charge in [0.25, 0.3) is 0 Å². The fraction of sp³-hybridized carbons (Fsp3) is 0.812. The Bertz CT molecular complexity index is 597. The second-order valence-electron chi connectivity index (χ2n) is 6.68. The van der Waals surface area contributed by atoms with Crippen LogP contribution in [0.4, 0.5) is 0 Å². The van der Waals surface area contributed by atoms with E-state index >= 15 is 0 Å². The van der Waals surface area contributed by atoms with Crippen LogP contribution in [0.1, 0.15) is 45.4 Å². The summed E-state index contributed by atoms with van der Waals surface area (Å²) in [5.41, 5.74) is -0.190. The fourth-order valence-electron chi connectivity index (χ4n) is 3.88. The molecule has 7 heteroatoms. The summed E-state index contributed by atoms with van der Waals surface area (Å²) in [5, 5.41) is 7.13. The molecule has 1 saturated heterocycles. The Kier molecular flexibility index (Phi) is 5.46. The van der Waals surface area contributed by atoms with Crippen molar-refractivity contribution in [2.45, 2.75) is 57.1 Å². The van der Waals surface area contributed by atoms with Crippen LogP contribution in [-0.4, -0.2) is 44.4 Å². The van der Waals surface area contributed by atoms with Crippen molar-refractivity contribution in [1.29, 1.82) is 0 Å². The molecule has 0 bridgehead atoms. The lowest BCUT2D eigenvalue weighted by molar-refractivity contribution is -0.131. The summed E-state index contributed by atoms with van der Waals surface area (Å²) in [6.45, 7) is 4.47. The van der Waals surface area contributed by atoms with E-state index in [4.69, 9.17) is 0 Å². The van der Waals surface area contributed by atoms with Crippen molar-refractivity contribution >= 4 is 17.7 Å². The second kappa shape index (κ2) is 7.55. The van der Waals surface area contributed by atoms with Crippen LogP contribution in [0.2, 0.25) is 0 Å². The van der Waals surface area contributed by atoms with Crippen LogP contribution in [0.15, 0.2) is 9.95 Å². The van der Waals surface area contributed by atoms with Crippen molar-refractivity contribution in [3.05, 3.63) is 10.5 Å². The maximum atomic E-state index is 12.5. The minimum Gasteiger partial charge on any atom is -0.342 e. The third-order valence-corrected chi connectivity index (χ3v) is 6.10. The highest BCUT2D eigenvalue weighted by Crippen LogP contribution is 2.36. The zero-order valence-corrected chi connectivity index (χ0v) is 14.6. The molecule has 2 atom stereocenters. The van der Waals surface area contributed by atoms with Gasteiger partial charge in [-0.05, 0) is 31.1 Å². The Balaban J connectivity index is 1.54. The number of nitrogens with zero attached hydrogens (tertiary/aromatic N) is 3. The number of aromatic amines is 1. The van der Waals surface area contributed by atoms with Crippen molar-refractivity contribution in [3.63, 3.8) is 0 Å². The van der Waals surface area contributed by atoms with Crippen molar-refractivity contribution in [2.24, 2.45) is 11.8 Å². The summed E-state index contributed by atoms with van der Waals surface area (Å²) in [6, 6.07) is 0. The van der Waals surface area contributed by atoms with Gasteiger partial charge in [0.05, 0.1) is 5.75 Å². The molecule has 23 heavy (non-hydrogen) atoms. The van der Waals surface area contributed by atoms with Crippen LogP contribution >= 0.6 is 11.8 Å². The van der Waals surface area contributed by atoms with Gasteiger partial charge in [-0.2, -0.15) is 0 Å². The number of carbonyl (C=O) groups excluding carboxylic acids is 1. The van der Waals surface area contributed by atoms with Gasteiger partial charge >= 0.3 is 5.69 Å². The summed E-state index contributed by atoms with van der Waals surface area (Å²) in [6.07, 6.45) is 7.32. The van der Waals surface area contributed by atoms with Gasteiger partial charge in [-0.25, -0.2) is 9.89 Å². The number of H-pyrrole nitrogens is 1. The Morgan fingerprint density at radius 3 is 2.87 bits per heavy atom. The van der Waals surface area contributed by atoms with Gasteiger partial charge in [0, 0.05) is 19.6 Å². The van der Waals surface area contributed by atoms with Crippen LogP contribution in [0, 0.1) is 11.8 Å². The van der Waals surface area contributed by atoms with E-state index in [9.17, 15) is 9.59 Å². The molecular formula is C16H26N4O2S. The number of aromatic nitrogens is 3. The maximum absolute atomic E-state index is 12.5. The number of likely N-dealkylation sites (tertiary alicyclic amines) is 1. The van der Waals surface area contributed by atoms with Crippen molar-refractivity contribution in [2.75, 3.05) is 18.8 Å². The zero-order chi connectivity index (χ0) is 16.2. The van der Waals surface area contributed by atoms with Gasteiger partial charge in [0.1, 0.15) is 0 Å². The number of rotatable bonds is 5. The highest BCUT2D eigenvalue weighted by Gasteiger charge is 2.32. The third kappa shape index (κ3) is 3.82. The van der Waals surface area contributed by atoms with Crippen molar-refractivity contribution in [3.8, 4) is 0 Å². The summed E-state index contributed by atoms with van der Waals surface area (Å²) in [5.74, 6) is 2.08. The average Bonchev–Trinajstić information content (AvgIpc) is 2.93. The lowest BCUT2D eigenvalue weighted by atomic mass is 9.75. The molecule has 1 aliphatic heterocycles. The maximum Gasteiger partial charge on any atom is 0.343 e. The molecule has 3 rings (SSSR count). The van der Waals surface area contributed by atoms with Crippen LogP contribution in [0.5, 0.6) is 0 Å². The van der Waals surface area contributed by atoms with Gasteiger partial charge < -0.3 is 4.90 Å². The lowest BCUT2D eigenvalue weighted by Gasteiger charge is -2.41. The molecule has 2 fully saturated rings.